The van der Waals surface area contributed by atoms with Gasteiger partial charge >= 0.3 is 0 Å². The van der Waals surface area contributed by atoms with Gasteiger partial charge in [0.2, 0.25) is 11.9 Å². The topological polar surface area (TPSA) is 80.6 Å². The van der Waals surface area contributed by atoms with Gasteiger partial charge in [0.05, 0.1) is 32.1 Å². The first-order chi connectivity index (χ1) is 25.4. The van der Waals surface area contributed by atoms with Crippen molar-refractivity contribution in [3.8, 4) is 5.75 Å². The Morgan fingerprint density at radius 3 is 2.17 bits per heavy atom. The third-order valence-electron chi connectivity index (χ3n) is 11.5. The predicted octanol–water partition coefficient (Wildman–Crippen LogP) is 9.65. The van der Waals surface area contributed by atoms with Crippen LogP contribution in [0.15, 0.2) is 60.9 Å². The molecule has 2 aromatic heterocycles. The summed E-state index contributed by atoms with van der Waals surface area (Å²) >= 11 is 0. The number of aryl methyl sites for hydroxylation is 1. The van der Waals surface area contributed by atoms with Crippen molar-refractivity contribution in [3.05, 3.63) is 111 Å². The highest BCUT2D eigenvalue weighted by Crippen LogP contribution is 2.53. The van der Waals surface area contributed by atoms with E-state index >= 15 is 4.39 Å². The number of nitrogens with zero attached hydrogens (tertiary/aromatic N) is 4. The van der Waals surface area contributed by atoms with Gasteiger partial charge in [-0.05, 0) is 85.6 Å². The Morgan fingerprint density at radius 1 is 0.887 bits per heavy atom. The Bertz CT molecular complexity index is 1850. The monoisotopic (exact) mass is 728 g/mol. The Morgan fingerprint density at radius 2 is 1.55 bits per heavy atom. The summed E-state index contributed by atoms with van der Waals surface area (Å²) < 4.78 is 59.4. The molecule has 3 aliphatic rings. The molecule has 2 atom stereocenters. The molecule has 0 amide bonds. The summed E-state index contributed by atoms with van der Waals surface area (Å²) in [5.74, 6) is -1.65. The fraction of sp³-hybridized carbons (Fsp3) is 0.512. The number of halogens is 3. The molecule has 0 spiro atoms. The van der Waals surface area contributed by atoms with Gasteiger partial charge in [-0.3, -0.25) is 4.98 Å². The summed E-state index contributed by atoms with van der Waals surface area (Å²) in [6, 6.07) is 15.3. The van der Waals surface area contributed by atoms with Gasteiger partial charge in [-0.25, -0.2) is 23.1 Å². The number of hydrogen-bond donors (Lipinski definition) is 1. The SMILES string of the molecule is COc1ccc(CO[C@H]2CC(C)(C)Cc3nc(C4CCN(c5ncc(CO)cn5)CC4)c([C@@H](F)c4ccc(C)cc4)c(C4CCC(F)(F)CC4)c32)cc1. The van der Waals surface area contributed by atoms with Gasteiger partial charge in [-0.1, -0.05) is 55.8 Å². The van der Waals surface area contributed by atoms with Crippen molar-refractivity contribution in [1.82, 2.24) is 15.0 Å². The summed E-state index contributed by atoms with van der Waals surface area (Å²) in [5, 5.41) is 9.46. The average Bonchev–Trinajstić information content (AvgIpc) is 3.16. The number of pyridine rings is 1. The normalized spacial score (nSPS) is 20.9. The highest BCUT2D eigenvalue weighted by molar-refractivity contribution is 5.51. The lowest BCUT2D eigenvalue weighted by atomic mass is 9.68. The lowest BCUT2D eigenvalue weighted by molar-refractivity contribution is -0.0390. The van der Waals surface area contributed by atoms with E-state index in [1.807, 2.05) is 55.5 Å². The number of aliphatic hydroxyl groups is 1. The minimum absolute atomic E-state index is 0.0422. The fourth-order valence-corrected chi connectivity index (χ4v) is 8.58. The van der Waals surface area contributed by atoms with E-state index in [9.17, 15) is 13.9 Å². The molecular weight excluding hydrogens is 677 g/mol. The maximum Gasteiger partial charge on any atom is 0.248 e. The van der Waals surface area contributed by atoms with Crippen molar-refractivity contribution in [2.24, 2.45) is 5.41 Å². The Kier molecular flexibility index (Phi) is 10.8. The van der Waals surface area contributed by atoms with Crippen LogP contribution in [-0.4, -0.2) is 46.2 Å². The maximum absolute atomic E-state index is 17.7. The van der Waals surface area contributed by atoms with E-state index in [1.54, 1.807) is 19.5 Å². The van der Waals surface area contributed by atoms with E-state index in [0.29, 0.717) is 68.0 Å². The average molecular weight is 729 g/mol. The highest BCUT2D eigenvalue weighted by Gasteiger charge is 2.44. The molecule has 0 radical (unpaired) electrons. The van der Waals surface area contributed by atoms with Gasteiger partial charge in [-0.2, -0.15) is 0 Å². The number of methoxy groups -OCH3 is 1. The summed E-state index contributed by atoms with van der Waals surface area (Å²) in [6.45, 7) is 7.98. The summed E-state index contributed by atoms with van der Waals surface area (Å²) in [4.78, 5) is 16.5. The fourth-order valence-electron chi connectivity index (χ4n) is 8.58. The van der Waals surface area contributed by atoms with Crippen molar-refractivity contribution in [2.75, 3.05) is 25.1 Å². The first-order valence-electron chi connectivity index (χ1n) is 19.0. The van der Waals surface area contributed by atoms with Crippen LogP contribution in [0.25, 0.3) is 0 Å². The number of alkyl halides is 3. The smallest absolute Gasteiger partial charge is 0.248 e. The molecule has 1 aliphatic heterocycles. The molecular formula is C43H51F3N4O3. The molecule has 3 heterocycles. The molecule has 2 aliphatic carbocycles. The molecule has 2 aromatic carbocycles. The molecule has 1 saturated carbocycles. The predicted molar refractivity (Wildman–Crippen MR) is 199 cm³/mol. The second-order valence-electron chi connectivity index (χ2n) is 16.1. The second kappa shape index (κ2) is 15.4. The number of piperidine rings is 1. The highest BCUT2D eigenvalue weighted by atomic mass is 19.3. The molecule has 7 rings (SSSR count). The van der Waals surface area contributed by atoms with E-state index in [2.05, 4.69) is 28.7 Å². The first kappa shape index (κ1) is 37.3. The molecule has 282 valence electrons. The number of rotatable bonds is 10. The summed E-state index contributed by atoms with van der Waals surface area (Å²) in [7, 11) is 1.64. The standard InChI is InChI=1S/C43H51F3N4O3/c1-27-5-9-31(10-6-27)39(44)38-36(30-13-17-43(45,46)18-14-30)37-34(21-42(2,3)22-35(37)53-26-28-7-11-33(52-4)12-8-28)49-40(38)32-15-19-50(20-16-32)41-47-23-29(25-51)24-48-41/h5-12,23-24,30,32,35,39,51H,13-22,25-26H2,1-4H3/t35-,39-/m0/s1. The van der Waals surface area contributed by atoms with Gasteiger partial charge in [-0.15, -0.1) is 0 Å². The second-order valence-corrected chi connectivity index (χ2v) is 16.1. The summed E-state index contributed by atoms with van der Waals surface area (Å²) in [6.07, 6.45) is 4.38. The van der Waals surface area contributed by atoms with Crippen LogP contribution in [0.5, 0.6) is 5.75 Å². The molecule has 0 bridgehead atoms. The van der Waals surface area contributed by atoms with Crippen LogP contribution < -0.4 is 9.64 Å². The van der Waals surface area contributed by atoms with Crippen LogP contribution >= 0.6 is 0 Å². The van der Waals surface area contributed by atoms with Crippen molar-refractivity contribution in [2.45, 2.75) is 115 Å². The van der Waals surface area contributed by atoms with Gasteiger partial charge in [0, 0.05) is 66.6 Å². The first-order valence-corrected chi connectivity index (χ1v) is 19.0. The number of aliphatic hydroxyl groups excluding tert-OH is 1. The molecule has 10 heteroatoms. The van der Waals surface area contributed by atoms with E-state index in [0.717, 1.165) is 39.4 Å². The number of aromatic nitrogens is 3. The van der Waals surface area contributed by atoms with E-state index in [4.69, 9.17) is 14.5 Å². The van der Waals surface area contributed by atoms with Gasteiger partial charge in [0.25, 0.3) is 0 Å². The van der Waals surface area contributed by atoms with Crippen molar-refractivity contribution in [3.63, 3.8) is 0 Å². The van der Waals surface area contributed by atoms with E-state index in [-0.39, 0.29) is 55.6 Å². The van der Waals surface area contributed by atoms with E-state index in [1.165, 1.54) is 0 Å². The minimum atomic E-state index is -2.73. The van der Waals surface area contributed by atoms with Crippen LogP contribution in [-0.2, 0) is 24.4 Å². The molecule has 2 fully saturated rings. The zero-order valence-corrected chi connectivity index (χ0v) is 31.3. The molecule has 1 N–H and O–H groups in total. The number of benzene rings is 2. The molecule has 0 unspecified atom stereocenters. The lowest BCUT2D eigenvalue weighted by Crippen LogP contribution is -2.36. The maximum atomic E-state index is 17.7. The third kappa shape index (κ3) is 8.24. The Balaban J connectivity index is 1.34. The van der Waals surface area contributed by atoms with Crippen molar-refractivity contribution in [1.29, 1.82) is 0 Å². The van der Waals surface area contributed by atoms with Crippen molar-refractivity contribution < 1.29 is 27.8 Å². The zero-order valence-electron chi connectivity index (χ0n) is 31.3. The number of hydrogen-bond acceptors (Lipinski definition) is 7. The van der Waals surface area contributed by atoms with Gasteiger partial charge < -0.3 is 19.5 Å². The molecule has 4 aromatic rings. The van der Waals surface area contributed by atoms with E-state index < -0.39 is 12.1 Å². The van der Waals surface area contributed by atoms with Crippen LogP contribution in [0.2, 0.25) is 0 Å². The third-order valence-corrected chi connectivity index (χ3v) is 11.5. The lowest BCUT2D eigenvalue weighted by Gasteiger charge is -2.42. The molecule has 1 saturated heterocycles. The number of fused-ring (bicyclic) bond motifs is 1. The Hall–Kier alpha value is -4.02. The number of anilines is 1. The zero-order chi connectivity index (χ0) is 37.3. The summed E-state index contributed by atoms with van der Waals surface area (Å²) in [5.41, 5.74) is 7.07. The van der Waals surface area contributed by atoms with Crippen LogP contribution in [0, 0.1) is 12.3 Å². The molecule has 53 heavy (non-hydrogen) atoms. The van der Waals surface area contributed by atoms with Crippen LogP contribution in [0.1, 0.15) is 133 Å². The largest absolute Gasteiger partial charge is 0.497 e. The van der Waals surface area contributed by atoms with Crippen LogP contribution in [0.3, 0.4) is 0 Å². The van der Waals surface area contributed by atoms with Crippen molar-refractivity contribution >= 4 is 5.95 Å². The van der Waals surface area contributed by atoms with Gasteiger partial charge in [0.15, 0.2) is 6.17 Å². The quantitative estimate of drug-likeness (QED) is 0.174. The number of ether oxygens (including phenoxy) is 2. The molecule has 7 nitrogen and oxygen atoms in total. The van der Waals surface area contributed by atoms with Crippen LogP contribution in [0.4, 0.5) is 19.1 Å². The minimum Gasteiger partial charge on any atom is -0.497 e. The Labute approximate surface area is 311 Å². The van der Waals surface area contributed by atoms with Gasteiger partial charge in [0.1, 0.15) is 5.75 Å².